The zero-order chi connectivity index (χ0) is 11.5. The van der Waals surface area contributed by atoms with Crippen molar-refractivity contribution >= 4 is 0 Å². The molecule has 0 amide bonds. The summed E-state index contributed by atoms with van der Waals surface area (Å²) in [6.07, 6.45) is -4.16. The Morgan fingerprint density at radius 2 is 1.93 bits per heavy atom. The number of hydrogen-bond donors (Lipinski definition) is 1. The van der Waals surface area contributed by atoms with Crippen LogP contribution in [0.5, 0.6) is 0 Å². The Bertz CT molecular complexity index is 334. The van der Waals surface area contributed by atoms with E-state index in [1.807, 2.05) is 6.92 Å². The lowest BCUT2D eigenvalue weighted by Gasteiger charge is -2.09. The van der Waals surface area contributed by atoms with Crippen LogP contribution in [0.1, 0.15) is 17.0 Å². The Balaban J connectivity index is 2.51. The van der Waals surface area contributed by atoms with Gasteiger partial charge in [0.25, 0.3) is 0 Å². The fourth-order valence-electron chi connectivity index (χ4n) is 1.24. The SMILES string of the molecule is Cc1ccc(CNCC(F)(F)F)c(C)n1. The highest BCUT2D eigenvalue weighted by atomic mass is 19.4. The van der Waals surface area contributed by atoms with E-state index in [4.69, 9.17) is 0 Å². The Morgan fingerprint density at radius 1 is 1.27 bits per heavy atom. The van der Waals surface area contributed by atoms with Gasteiger partial charge in [0.05, 0.1) is 6.54 Å². The molecule has 1 N–H and O–H groups in total. The highest BCUT2D eigenvalue weighted by Gasteiger charge is 2.26. The smallest absolute Gasteiger partial charge is 0.305 e. The van der Waals surface area contributed by atoms with Crippen molar-refractivity contribution in [1.29, 1.82) is 0 Å². The molecule has 0 aliphatic heterocycles. The largest absolute Gasteiger partial charge is 0.401 e. The minimum absolute atomic E-state index is 0.193. The van der Waals surface area contributed by atoms with Crippen LogP contribution in [0, 0.1) is 13.8 Å². The maximum atomic E-state index is 11.8. The van der Waals surface area contributed by atoms with Crippen molar-refractivity contribution in [1.82, 2.24) is 10.3 Å². The molecule has 15 heavy (non-hydrogen) atoms. The number of rotatable bonds is 3. The zero-order valence-corrected chi connectivity index (χ0v) is 8.65. The van der Waals surface area contributed by atoms with E-state index in [1.165, 1.54) is 0 Å². The summed E-state index contributed by atoms with van der Waals surface area (Å²) in [5, 5.41) is 2.34. The van der Waals surface area contributed by atoms with Crippen LogP contribution in [-0.4, -0.2) is 17.7 Å². The first-order valence-electron chi connectivity index (χ1n) is 4.59. The van der Waals surface area contributed by atoms with Crippen LogP contribution in [0.15, 0.2) is 12.1 Å². The molecule has 0 aromatic carbocycles. The highest BCUT2D eigenvalue weighted by molar-refractivity contribution is 5.21. The summed E-state index contributed by atoms with van der Waals surface area (Å²) < 4.78 is 35.5. The number of nitrogens with one attached hydrogen (secondary N) is 1. The second-order valence-electron chi connectivity index (χ2n) is 3.42. The summed E-state index contributed by atoms with van der Waals surface area (Å²) in [6, 6.07) is 3.58. The van der Waals surface area contributed by atoms with E-state index in [1.54, 1.807) is 19.1 Å². The molecule has 84 valence electrons. The van der Waals surface area contributed by atoms with Gasteiger partial charge in [0.15, 0.2) is 0 Å². The second kappa shape index (κ2) is 4.61. The van der Waals surface area contributed by atoms with Crippen LogP contribution in [0.4, 0.5) is 13.2 Å². The lowest BCUT2D eigenvalue weighted by molar-refractivity contribution is -0.125. The first kappa shape index (κ1) is 12.0. The normalized spacial score (nSPS) is 11.8. The van der Waals surface area contributed by atoms with Crippen LogP contribution in [0.25, 0.3) is 0 Å². The molecule has 1 aromatic heterocycles. The number of hydrogen-bond acceptors (Lipinski definition) is 2. The molecule has 0 unspecified atom stereocenters. The van der Waals surface area contributed by atoms with Gasteiger partial charge in [-0.3, -0.25) is 4.98 Å². The van der Waals surface area contributed by atoms with Crippen molar-refractivity contribution in [3.63, 3.8) is 0 Å². The monoisotopic (exact) mass is 218 g/mol. The molecule has 2 nitrogen and oxygen atoms in total. The van der Waals surface area contributed by atoms with Crippen molar-refractivity contribution in [2.45, 2.75) is 26.6 Å². The zero-order valence-electron chi connectivity index (χ0n) is 8.65. The number of pyridine rings is 1. The van der Waals surface area contributed by atoms with Crippen molar-refractivity contribution in [2.75, 3.05) is 6.54 Å². The third kappa shape index (κ3) is 4.29. The highest BCUT2D eigenvalue weighted by Crippen LogP contribution is 2.13. The average molecular weight is 218 g/mol. The third-order valence-corrected chi connectivity index (χ3v) is 1.98. The van der Waals surface area contributed by atoms with Gasteiger partial charge in [-0.2, -0.15) is 13.2 Å². The van der Waals surface area contributed by atoms with E-state index >= 15 is 0 Å². The molecule has 0 saturated heterocycles. The molecule has 0 atom stereocenters. The molecule has 0 aliphatic carbocycles. The fraction of sp³-hybridized carbons (Fsp3) is 0.500. The van der Waals surface area contributed by atoms with Crippen molar-refractivity contribution in [3.8, 4) is 0 Å². The molecule has 0 radical (unpaired) electrons. The Hall–Kier alpha value is -1.10. The van der Waals surface area contributed by atoms with Gasteiger partial charge in [0.2, 0.25) is 0 Å². The number of halogens is 3. The Kier molecular flexibility index (Phi) is 3.68. The molecule has 0 bridgehead atoms. The first-order valence-corrected chi connectivity index (χ1v) is 4.59. The number of aryl methyl sites for hydroxylation is 2. The number of alkyl halides is 3. The van der Waals surface area contributed by atoms with E-state index in [0.29, 0.717) is 0 Å². The molecule has 0 saturated carbocycles. The van der Waals surface area contributed by atoms with Crippen LogP contribution in [0.3, 0.4) is 0 Å². The average Bonchev–Trinajstić information content (AvgIpc) is 2.07. The molecular weight excluding hydrogens is 205 g/mol. The number of aromatic nitrogens is 1. The van der Waals surface area contributed by atoms with E-state index in [0.717, 1.165) is 17.0 Å². The van der Waals surface area contributed by atoms with Gasteiger partial charge in [-0.05, 0) is 25.5 Å². The summed E-state index contributed by atoms with van der Waals surface area (Å²) in [6.45, 7) is 2.86. The standard InChI is InChI=1S/C10H13F3N2/c1-7-3-4-9(8(2)15-7)5-14-6-10(11,12)13/h3-4,14H,5-6H2,1-2H3. The van der Waals surface area contributed by atoms with Gasteiger partial charge in [-0.25, -0.2) is 0 Å². The Morgan fingerprint density at radius 3 is 2.47 bits per heavy atom. The summed E-state index contributed by atoms with van der Waals surface area (Å²) >= 11 is 0. The van der Waals surface area contributed by atoms with Crippen LogP contribution >= 0.6 is 0 Å². The maximum Gasteiger partial charge on any atom is 0.401 e. The van der Waals surface area contributed by atoms with Crippen molar-refractivity contribution in [2.24, 2.45) is 0 Å². The van der Waals surface area contributed by atoms with Crippen molar-refractivity contribution in [3.05, 3.63) is 29.1 Å². The fourth-order valence-corrected chi connectivity index (χ4v) is 1.24. The van der Waals surface area contributed by atoms with Gasteiger partial charge in [-0.1, -0.05) is 6.07 Å². The topological polar surface area (TPSA) is 24.9 Å². The number of nitrogens with zero attached hydrogens (tertiary/aromatic N) is 1. The molecule has 0 spiro atoms. The van der Waals surface area contributed by atoms with Gasteiger partial charge in [-0.15, -0.1) is 0 Å². The minimum atomic E-state index is -4.16. The maximum absolute atomic E-state index is 11.8. The lowest BCUT2D eigenvalue weighted by atomic mass is 10.2. The predicted molar refractivity (Wildman–Crippen MR) is 51.5 cm³/mol. The van der Waals surface area contributed by atoms with Crippen molar-refractivity contribution < 1.29 is 13.2 Å². The Labute approximate surface area is 86.5 Å². The molecule has 1 heterocycles. The predicted octanol–water partition coefficient (Wildman–Crippen LogP) is 2.35. The van der Waals surface area contributed by atoms with E-state index in [2.05, 4.69) is 10.3 Å². The lowest BCUT2D eigenvalue weighted by Crippen LogP contribution is -2.28. The van der Waals surface area contributed by atoms with Gasteiger partial charge >= 0.3 is 6.18 Å². The molecule has 1 aromatic rings. The van der Waals surface area contributed by atoms with E-state index in [9.17, 15) is 13.2 Å². The molecule has 5 heteroatoms. The summed E-state index contributed by atoms with van der Waals surface area (Å²) in [7, 11) is 0. The summed E-state index contributed by atoms with van der Waals surface area (Å²) in [4.78, 5) is 4.17. The van der Waals surface area contributed by atoms with Gasteiger partial charge in [0, 0.05) is 17.9 Å². The van der Waals surface area contributed by atoms with E-state index in [-0.39, 0.29) is 6.54 Å². The second-order valence-corrected chi connectivity index (χ2v) is 3.42. The van der Waals surface area contributed by atoms with Crippen LogP contribution in [-0.2, 0) is 6.54 Å². The van der Waals surface area contributed by atoms with Gasteiger partial charge < -0.3 is 5.32 Å². The van der Waals surface area contributed by atoms with E-state index < -0.39 is 12.7 Å². The summed E-state index contributed by atoms with van der Waals surface area (Å²) in [5.41, 5.74) is 2.43. The minimum Gasteiger partial charge on any atom is -0.305 e. The van der Waals surface area contributed by atoms with Crippen LogP contribution in [0.2, 0.25) is 0 Å². The molecule has 0 aliphatic rings. The first-order chi connectivity index (χ1) is 6.88. The molecule has 1 rings (SSSR count). The van der Waals surface area contributed by atoms with Crippen LogP contribution < -0.4 is 5.32 Å². The molecule has 0 fully saturated rings. The van der Waals surface area contributed by atoms with Gasteiger partial charge in [0.1, 0.15) is 0 Å². The quantitative estimate of drug-likeness (QED) is 0.842. The summed E-state index contributed by atoms with van der Waals surface area (Å²) in [5.74, 6) is 0. The third-order valence-electron chi connectivity index (χ3n) is 1.98. The molecular formula is C10H13F3N2.